The summed E-state index contributed by atoms with van der Waals surface area (Å²) in [7, 11) is 0. The third-order valence-corrected chi connectivity index (χ3v) is 7.97. The highest BCUT2D eigenvalue weighted by molar-refractivity contribution is 6.11. The maximum atomic E-state index is 12.3. The molecule has 2 heterocycles. The predicted molar refractivity (Wildman–Crippen MR) is 131 cm³/mol. The number of phenolic OH excluding ortho intramolecular Hbond substituents is 2. The zero-order valence-corrected chi connectivity index (χ0v) is 20.8. The SMILES string of the molecule is CC(=O)c1c(C)c(O)c2cc(C(=O)O)cc(OC3OC4C(OC=CC5CCCCC54O)C(O)C3O)c2c1O. The second-order valence-electron chi connectivity index (χ2n) is 10.3. The van der Waals surface area contributed by atoms with Crippen LogP contribution in [0.5, 0.6) is 17.2 Å². The van der Waals surface area contributed by atoms with Gasteiger partial charge in [0.15, 0.2) is 11.9 Å². The Morgan fingerprint density at radius 2 is 1.84 bits per heavy atom. The molecule has 6 N–H and O–H groups in total. The van der Waals surface area contributed by atoms with Crippen molar-refractivity contribution < 1.29 is 54.4 Å². The molecule has 0 spiro atoms. The third kappa shape index (κ3) is 3.97. The van der Waals surface area contributed by atoms with Crippen LogP contribution in [0.2, 0.25) is 0 Å². The van der Waals surface area contributed by atoms with Crippen LogP contribution in [0.1, 0.15) is 58.9 Å². The predicted octanol–water partition coefficient (Wildman–Crippen LogP) is 2.12. The van der Waals surface area contributed by atoms with Crippen molar-refractivity contribution >= 4 is 22.5 Å². The number of aromatic carboxylic acids is 1. The van der Waals surface area contributed by atoms with Gasteiger partial charge in [-0.2, -0.15) is 0 Å². The van der Waals surface area contributed by atoms with Crippen LogP contribution in [0.25, 0.3) is 10.8 Å². The number of carbonyl (C=O) groups excluding carboxylic acids is 1. The smallest absolute Gasteiger partial charge is 0.335 e. The number of aromatic hydroxyl groups is 2. The lowest BCUT2D eigenvalue weighted by atomic mass is 9.70. The van der Waals surface area contributed by atoms with Gasteiger partial charge in [0, 0.05) is 16.9 Å². The molecule has 38 heavy (non-hydrogen) atoms. The number of carboxylic acid groups (broad SMARTS) is 1. The Labute approximate surface area is 217 Å². The molecule has 5 rings (SSSR count). The second-order valence-corrected chi connectivity index (χ2v) is 10.3. The maximum absolute atomic E-state index is 12.3. The van der Waals surface area contributed by atoms with Gasteiger partial charge in [0.25, 0.3) is 0 Å². The number of fused-ring (bicyclic) bond motifs is 4. The molecule has 11 nitrogen and oxygen atoms in total. The van der Waals surface area contributed by atoms with E-state index in [1.807, 2.05) is 0 Å². The van der Waals surface area contributed by atoms with Crippen molar-refractivity contribution in [2.24, 2.45) is 5.92 Å². The van der Waals surface area contributed by atoms with E-state index in [0.29, 0.717) is 19.3 Å². The summed E-state index contributed by atoms with van der Waals surface area (Å²) in [4.78, 5) is 24.1. The summed E-state index contributed by atoms with van der Waals surface area (Å²) in [5.74, 6) is -3.53. The first kappa shape index (κ1) is 26.2. The van der Waals surface area contributed by atoms with E-state index in [9.17, 15) is 40.2 Å². The fraction of sp³-hybridized carbons (Fsp3) is 0.481. The number of benzene rings is 2. The van der Waals surface area contributed by atoms with Gasteiger partial charge >= 0.3 is 5.97 Å². The zero-order chi connectivity index (χ0) is 27.5. The summed E-state index contributed by atoms with van der Waals surface area (Å²) >= 11 is 0. The molecule has 2 aromatic carbocycles. The molecular weight excluding hydrogens is 500 g/mol. The fourth-order valence-electron chi connectivity index (χ4n) is 5.99. The number of hydrogen-bond acceptors (Lipinski definition) is 10. The van der Waals surface area contributed by atoms with E-state index in [0.717, 1.165) is 18.6 Å². The number of carboxylic acids is 1. The molecule has 204 valence electrons. The van der Waals surface area contributed by atoms with Crippen LogP contribution in [0.15, 0.2) is 24.5 Å². The van der Waals surface area contributed by atoms with E-state index in [-0.39, 0.29) is 39.1 Å². The lowest BCUT2D eigenvalue weighted by Crippen LogP contribution is -2.67. The molecule has 2 aliphatic heterocycles. The molecule has 0 amide bonds. The Morgan fingerprint density at radius 3 is 2.53 bits per heavy atom. The summed E-state index contributed by atoms with van der Waals surface area (Å²) < 4.78 is 17.6. The highest BCUT2D eigenvalue weighted by Gasteiger charge is 2.58. The zero-order valence-electron chi connectivity index (χ0n) is 20.8. The van der Waals surface area contributed by atoms with Crippen molar-refractivity contribution in [1.82, 2.24) is 0 Å². The summed E-state index contributed by atoms with van der Waals surface area (Å²) in [5, 5.41) is 64.7. The highest BCUT2D eigenvalue weighted by atomic mass is 16.7. The lowest BCUT2D eigenvalue weighted by Gasteiger charge is -2.50. The molecule has 1 saturated carbocycles. The number of rotatable bonds is 4. The lowest BCUT2D eigenvalue weighted by molar-refractivity contribution is -0.310. The first-order chi connectivity index (χ1) is 18.0. The topological polar surface area (TPSA) is 183 Å². The molecule has 3 aliphatic rings. The summed E-state index contributed by atoms with van der Waals surface area (Å²) in [6, 6.07) is 2.18. The van der Waals surface area contributed by atoms with Crippen molar-refractivity contribution in [3.8, 4) is 17.2 Å². The largest absolute Gasteiger partial charge is 0.507 e. The van der Waals surface area contributed by atoms with Gasteiger partial charge in [0.05, 0.1) is 22.8 Å². The molecule has 1 saturated heterocycles. The van der Waals surface area contributed by atoms with Gasteiger partial charge in [-0.15, -0.1) is 0 Å². The molecule has 0 aromatic heterocycles. The molecule has 2 fully saturated rings. The number of carbonyl (C=O) groups is 2. The van der Waals surface area contributed by atoms with Crippen molar-refractivity contribution in [3.63, 3.8) is 0 Å². The van der Waals surface area contributed by atoms with Crippen molar-refractivity contribution in [2.75, 3.05) is 0 Å². The van der Waals surface area contributed by atoms with Gasteiger partial charge in [-0.25, -0.2) is 4.79 Å². The number of aliphatic hydroxyl groups excluding tert-OH is 2. The van der Waals surface area contributed by atoms with Crippen LogP contribution in [-0.4, -0.2) is 78.7 Å². The monoisotopic (exact) mass is 530 g/mol. The second kappa shape index (κ2) is 9.42. The van der Waals surface area contributed by atoms with Crippen molar-refractivity contribution in [3.05, 3.63) is 41.2 Å². The van der Waals surface area contributed by atoms with Crippen LogP contribution in [0.4, 0.5) is 0 Å². The van der Waals surface area contributed by atoms with Crippen LogP contribution >= 0.6 is 0 Å². The molecule has 0 bridgehead atoms. The van der Waals surface area contributed by atoms with E-state index in [2.05, 4.69) is 0 Å². The Morgan fingerprint density at radius 1 is 1.11 bits per heavy atom. The van der Waals surface area contributed by atoms with Crippen LogP contribution < -0.4 is 4.74 Å². The minimum absolute atomic E-state index is 0.0527. The minimum atomic E-state index is -1.70. The minimum Gasteiger partial charge on any atom is -0.507 e. The molecule has 2 aromatic rings. The molecule has 0 radical (unpaired) electrons. The molecule has 7 unspecified atom stereocenters. The van der Waals surface area contributed by atoms with Gasteiger partial charge in [-0.1, -0.05) is 12.8 Å². The highest BCUT2D eigenvalue weighted by Crippen LogP contribution is 2.47. The molecule has 11 heteroatoms. The van der Waals surface area contributed by atoms with Crippen molar-refractivity contribution in [2.45, 2.75) is 75.8 Å². The van der Waals surface area contributed by atoms with Crippen LogP contribution in [0.3, 0.4) is 0 Å². The number of ketones is 1. The molecule has 7 atom stereocenters. The molecular formula is C27H30O11. The Hall–Kier alpha value is -3.38. The number of phenols is 2. The van der Waals surface area contributed by atoms with E-state index in [1.165, 1.54) is 20.1 Å². The quantitative estimate of drug-likeness (QED) is 0.251. The average molecular weight is 531 g/mol. The first-order valence-corrected chi connectivity index (χ1v) is 12.4. The maximum Gasteiger partial charge on any atom is 0.335 e. The van der Waals surface area contributed by atoms with E-state index < -0.39 is 59.6 Å². The number of aliphatic hydroxyl groups is 3. The van der Waals surface area contributed by atoms with Crippen LogP contribution in [-0.2, 0) is 9.47 Å². The van der Waals surface area contributed by atoms with Crippen molar-refractivity contribution in [1.29, 1.82) is 0 Å². The van der Waals surface area contributed by atoms with Gasteiger partial charge in [0.2, 0.25) is 6.29 Å². The number of hydrogen-bond donors (Lipinski definition) is 6. The normalized spacial score (nSPS) is 32.6. The first-order valence-electron chi connectivity index (χ1n) is 12.4. The average Bonchev–Trinajstić information content (AvgIpc) is 3.01. The third-order valence-electron chi connectivity index (χ3n) is 7.97. The van der Waals surface area contributed by atoms with E-state index >= 15 is 0 Å². The van der Waals surface area contributed by atoms with E-state index in [4.69, 9.17) is 14.2 Å². The Bertz CT molecular complexity index is 1330. The van der Waals surface area contributed by atoms with Crippen LogP contribution in [0, 0.1) is 12.8 Å². The standard InChI is InChI=1S/C27H30O11/c1-11-17(12(2)28)20(30)18-15(19(11)29)9-13(25(33)34)10-16(18)37-26-22(32)21(31)23-24(38-26)27(35)7-4-3-5-14(27)6-8-36-23/h6,8-10,14,21-24,26,29-32,35H,3-5,7H2,1-2H3,(H,33,34). The summed E-state index contributed by atoms with van der Waals surface area (Å²) in [6.07, 6.45) is -1.39. The van der Waals surface area contributed by atoms with E-state index in [1.54, 1.807) is 6.08 Å². The fourth-order valence-corrected chi connectivity index (χ4v) is 5.99. The molecule has 1 aliphatic carbocycles. The van der Waals surface area contributed by atoms with Gasteiger partial charge in [-0.05, 0) is 44.9 Å². The van der Waals surface area contributed by atoms with Gasteiger partial charge < -0.3 is 44.8 Å². The van der Waals surface area contributed by atoms with Gasteiger partial charge in [0.1, 0.15) is 41.2 Å². The summed E-state index contributed by atoms with van der Waals surface area (Å²) in [5.41, 5.74) is -1.87. The number of ether oxygens (including phenoxy) is 3. The van der Waals surface area contributed by atoms with Gasteiger partial charge in [-0.3, -0.25) is 4.79 Å². The summed E-state index contributed by atoms with van der Waals surface area (Å²) in [6.45, 7) is 2.61. The Balaban J connectivity index is 1.62. The number of Topliss-reactive ketones (excluding diaryl/α,β-unsaturated/α-hetero) is 1. The Kier molecular flexibility index (Phi) is 6.50.